The van der Waals surface area contributed by atoms with Crippen LogP contribution in [0.3, 0.4) is 0 Å². The van der Waals surface area contributed by atoms with Crippen LogP contribution in [0.4, 0.5) is 5.69 Å². The fraction of sp³-hybridized carbons (Fsp3) is 0.176. The fourth-order valence-electron chi connectivity index (χ4n) is 2.43. The molecule has 0 fully saturated rings. The summed E-state index contributed by atoms with van der Waals surface area (Å²) in [6.07, 6.45) is 3.58. The Morgan fingerprint density at radius 1 is 1.29 bits per heavy atom. The van der Waals surface area contributed by atoms with E-state index in [0.717, 1.165) is 10.6 Å². The van der Waals surface area contributed by atoms with Crippen molar-refractivity contribution in [1.29, 1.82) is 0 Å². The van der Waals surface area contributed by atoms with Crippen molar-refractivity contribution in [2.45, 2.75) is 19.8 Å². The molecule has 0 amide bonds. The number of hydrogen-bond donors (Lipinski definition) is 0. The molecule has 0 aliphatic carbocycles. The zero-order chi connectivity index (χ0) is 17.3. The van der Waals surface area contributed by atoms with Gasteiger partial charge in [-0.1, -0.05) is 31.5 Å². The van der Waals surface area contributed by atoms with Gasteiger partial charge in [0.1, 0.15) is 10.0 Å². The van der Waals surface area contributed by atoms with E-state index in [1.807, 2.05) is 17.6 Å². The second-order valence-corrected chi connectivity index (χ2v) is 6.84. The summed E-state index contributed by atoms with van der Waals surface area (Å²) in [7, 11) is 0. The fourth-order valence-corrected chi connectivity index (χ4v) is 3.48. The lowest BCUT2D eigenvalue weighted by Crippen LogP contribution is -1.93. The second-order valence-electron chi connectivity index (χ2n) is 5.58. The number of thiazole rings is 1. The van der Waals surface area contributed by atoms with Crippen molar-refractivity contribution < 1.29 is 4.92 Å². The molecular formula is C17H14ClN3O2S. The minimum atomic E-state index is -0.489. The zero-order valence-electron chi connectivity index (χ0n) is 13.1. The van der Waals surface area contributed by atoms with Gasteiger partial charge in [-0.25, -0.2) is 4.98 Å². The topological polar surface area (TPSA) is 68.9 Å². The van der Waals surface area contributed by atoms with E-state index in [-0.39, 0.29) is 10.7 Å². The lowest BCUT2D eigenvalue weighted by Gasteiger charge is -2.09. The summed E-state index contributed by atoms with van der Waals surface area (Å²) in [6.45, 7) is 4.24. The second kappa shape index (κ2) is 6.67. The molecule has 0 aliphatic heterocycles. The Labute approximate surface area is 148 Å². The predicted octanol–water partition coefficient (Wildman–Crippen LogP) is 5.56. The molecule has 0 bridgehead atoms. The van der Waals surface area contributed by atoms with Crippen molar-refractivity contribution in [1.82, 2.24) is 9.97 Å². The van der Waals surface area contributed by atoms with Crippen LogP contribution in [0.15, 0.2) is 42.0 Å². The minimum Gasteiger partial charge on any atom is -0.264 e. The molecule has 2 aromatic heterocycles. The lowest BCUT2D eigenvalue weighted by atomic mass is 10.00. The Kier molecular flexibility index (Phi) is 4.59. The van der Waals surface area contributed by atoms with Gasteiger partial charge < -0.3 is 0 Å². The van der Waals surface area contributed by atoms with E-state index in [1.54, 1.807) is 12.3 Å². The third-order valence-corrected chi connectivity index (χ3v) is 4.85. The van der Waals surface area contributed by atoms with Crippen LogP contribution in [0.1, 0.15) is 25.3 Å². The van der Waals surface area contributed by atoms with Gasteiger partial charge in [0.25, 0.3) is 5.69 Å². The van der Waals surface area contributed by atoms with Gasteiger partial charge in [0.15, 0.2) is 0 Å². The minimum absolute atomic E-state index is 0.118. The van der Waals surface area contributed by atoms with Crippen molar-refractivity contribution in [2.24, 2.45) is 0 Å². The lowest BCUT2D eigenvalue weighted by molar-refractivity contribution is -0.384. The van der Waals surface area contributed by atoms with Crippen molar-refractivity contribution >= 4 is 28.6 Å². The van der Waals surface area contributed by atoms with Crippen LogP contribution in [0.2, 0.25) is 5.02 Å². The molecule has 0 saturated heterocycles. The Morgan fingerprint density at radius 3 is 2.79 bits per heavy atom. The highest BCUT2D eigenvalue weighted by molar-refractivity contribution is 7.13. The average Bonchev–Trinajstić information content (AvgIpc) is 3.04. The summed E-state index contributed by atoms with van der Waals surface area (Å²) in [4.78, 5) is 19.4. The molecule has 122 valence electrons. The molecule has 3 rings (SSSR count). The van der Waals surface area contributed by atoms with E-state index in [9.17, 15) is 10.1 Å². The van der Waals surface area contributed by atoms with E-state index in [1.165, 1.54) is 29.0 Å². The number of benzene rings is 1. The van der Waals surface area contributed by atoms with Gasteiger partial charge in [0.05, 0.1) is 10.6 Å². The van der Waals surface area contributed by atoms with E-state index < -0.39 is 4.92 Å². The summed E-state index contributed by atoms with van der Waals surface area (Å²) in [5.74, 6) is 0.354. The number of halogens is 1. The summed E-state index contributed by atoms with van der Waals surface area (Å²) in [5, 5.41) is 13.9. The number of nitrogens with zero attached hydrogens (tertiary/aromatic N) is 3. The molecule has 0 radical (unpaired) electrons. The first-order chi connectivity index (χ1) is 11.5. The number of hydrogen-bond acceptors (Lipinski definition) is 5. The Morgan fingerprint density at radius 2 is 2.08 bits per heavy atom. The molecule has 0 spiro atoms. The summed E-state index contributed by atoms with van der Waals surface area (Å²) in [5.41, 5.74) is 3.41. The average molecular weight is 360 g/mol. The van der Waals surface area contributed by atoms with Crippen LogP contribution < -0.4 is 0 Å². The first-order valence-corrected chi connectivity index (χ1v) is 8.57. The normalized spacial score (nSPS) is 11.0. The predicted molar refractivity (Wildman–Crippen MR) is 96.5 cm³/mol. The van der Waals surface area contributed by atoms with Gasteiger partial charge >= 0.3 is 0 Å². The largest absolute Gasteiger partial charge is 0.288 e. The monoisotopic (exact) mass is 359 g/mol. The molecule has 0 N–H and O–H groups in total. The zero-order valence-corrected chi connectivity index (χ0v) is 14.6. The number of rotatable bonds is 4. The van der Waals surface area contributed by atoms with Gasteiger partial charge in [-0.05, 0) is 23.6 Å². The molecular weight excluding hydrogens is 346 g/mol. The van der Waals surface area contributed by atoms with Crippen molar-refractivity contribution in [3.63, 3.8) is 0 Å². The molecule has 24 heavy (non-hydrogen) atoms. The highest BCUT2D eigenvalue weighted by Gasteiger charge is 2.16. The van der Waals surface area contributed by atoms with Crippen LogP contribution in [-0.4, -0.2) is 14.9 Å². The van der Waals surface area contributed by atoms with Crippen LogP contribution in [0.25, 0.3) is 21.8 Å². The maximum atomic E-state index is 11.0. The van der Waals surface area contributed by atoms with Crippen molar-refractivity contribution in [3.05, 3.63) is 62.7 Å². The third kappa shape index (κ3) is 3.16. The molecule has 1 aromatic carbocycles. The maximum absolute atomic E-state index is 11.0. The Bertz CT molecular complexity index is 908. The molecule has 3 aromatic rings. The van der Waals surface area contributed by atoms with Gasteiger partial charge in [0.2, 0.25) is 0 Å². The number of pyridine rings is 1. The quantitative estimate of drug-likeness (QED) is 0.452. The SMILES string of the molecule is CC(C)c1ccncc1-c1nc(-c2ccc(Cl)c([N+](=O)[O-])c2)cs1. The van der Waals surface area contributed by atoms with Gasteiger partial charge in [-0.3, -0.25) is 15.1 Å². The van der Waals surface area contributed by atoms with Crippen LogP contribution in [0, 0.1) is 10.1 Å². The summed E-state index contributed by atoms with van der Waals surface area (Å²) >= 11 is 7.36. The number of nitro benzene ring substituents is 1. The standard InChI is InChI=1S/C17H14ClN3O2S/c1-10(2)12-5-6-19-8-13(12)17-20-15(9-24-17)11-3-4-14(18)16(7-11)21(22)23/h3-10H,1-2H3. The van der Waals surface area contributed by atoms with Crippen LogP contribution in [0.5, 0.6) is 0 Å². The molecule has 0 saturated carbocycles. The van der Waals surface area contributed by atoms with E-state index in [4.69, 9.17) is 11.6 Å². The van der Waals surface area contributed by atoms with Crippen LogP contribution >= 0.6 is 22.9 Å². The van der Waals surface area contributed by atoms with E-state index >= 15 is 0 Å². The van der Waals surface area contributed by atoms with Crippen molar-refractivity contribution in [3.8, 4) is 21.8 Å². The first-order valence-electron chi connectivity index (χ1n) is 7.31. The Hall–Kier alpha value is -2.31. The van der Waals surface area contributed by atoms with E-state index in [2.05, 4.69) is 23.8 Å². The number of aromatic nitrogens is 2. The molecule has 0 aliphatic rings. The van der Waals surface area contributed by atoms with Crippen molar-refractivity contribution in [2.75, 3.05) is 0 Å². The smallest absolute Gasteiger partial charge is 0.264 e. The molecule has 5 nitrogen and oxygen atoms in total. The maximum Gasteiger partial charge on any atom is 0.288 e. The molecule has 0 atom stereocenters. The molecule has 2 heterocycles. The van der Waals surface area contributed by atoms with Crippen LogP contribution in [-0.2, 0) is 0 Å². The van der Waals surface area contributed by atoms with Gasteiger partial charge in [-0.2, -0.15) is 0 Å². The molecule has 0 unspecified atom stereocenters. The van der Waals surface area contributed by atoms with Gasteiger partial charge in [-0.15, -0.1) is 11.3 Å². The molecule has 7 heteroatoms. The highest BCUT2D eigenvalue weighted by Crippen LogP contribution is 2.35. The van der Waals surface area contributed by atoms with E-state index in [0.29, 0.717) is 17.2 Å². The highest BCUT2D eigenvalue weighted by atomic mass is 35.5. The third-order valence-electron chi connectivity index (χ3n) is 3.65. The number of nitro groups is 1. The summed E-state index contributed by atoms with van der Waals surface area (Å²) in [6, 6.07) is 6.71. The van der Waals surface area contributed by atoms with Gasteiger partial charge in [0, 0.05) is 35.0 Å². The Balaban J connectivity index is 2.04. The first kappa shape index (κ1) is 16.5. The summed E-state index contributed by atoms with van der Waals surface area (Å²) < 4.78 is 0.